The molecule has 0 radical (unpaired) electrons. The molecule has 1 aliphatic rings. The van der Waals surface area contributed by atoms with Crippen molar-refractivity contribution in [3.05, 3.63) is 116 Å². The summed E-state index contributed by atoms with van der Waals surface area (Å²) in [5.41, 5.74) is 0.424. The topological polar surface area (TPSA) is 87.5 Å². The number of aromatic hydroxyl groups is 1. The van der Waals surface area contributed by atoms with Gasteiger partial charge in [-0.25, -0.2) is 13.8 Å². The largest absolute Gasteiger partial charge is 0.493 e. The van der Waals surface area contributed by atoms with E-state index in [1.807, 2.05) is 24.3 Å². The van der Waals surface area contributed by atoms with Crippen molar-refractivity contribution in [2.75, 3.05) is 0 Å². The fourth-order valence-corrected chi connectivity index (χ4v) is 5.29. The van der Waals surface area contributed by atoms with Crippen LogP contribution < -0.4 is 11.2 Å². The lowest BCUT2D eigenvalue weighted by molar-refractivity contribution is 0.429. The second-order valence-electron chi connectivity index (χ2n) is 7.66. The molecule has 0 bridgehead atoms. The van der Waals surface area contributed by atoms with Crippen molar-refractivity contribution in [2.45, 2.75) is 16.6 Å². The zero-order valence-corrected chi connectivity index (χ0v) is 19.1. The maximum absolute atomic E-state index is 13.5. The maximum atomic E-state index is 13.5. The Morgan fingerprint density at radius 2 is 1.82 bits per heavy atom. The fourth-order valence-electron chi connectivity index (χ4n) is 3.87. The summed E-state index contributed by atoms with van der Waals surface area (Å²) in [6, 6.07) is 20.0. The Labute approximate surface area is 202 Å². The van der Waals surface area contributed by atoms with Gasteiger partial charge >= 0.3 is 5.69 Å². The molecule has 0 saturated carbocycles. The molecule has 170 valence electrons. The van der Waals surface area contributed by atoms with E-state index in [0.717, 1.165) is 15.0 Å². The fraction of sp³-hybridized carbons (Fsp3) is 0.0800. The third-order valence-electron chi connectivity index (χ3n) is 5.45. The third-order valence-corrected chi connectivity index (χ3v) is 7.01. The number of para-hydroxylation sites is 1. The number of nitrogens with one attached hydrogen (secondary N) is 1. The molecule has 1 aliphatic heterocycles. The minimum Gasteiger partial charge on any atom is -0.493 e. The molecule has 9 heteroatoms. The Kier molecular flexibility index (Phi) is 5.85. The number of rotatable bonds is 3. The van der Waals surface area contributed by atoms with Crippen LogP contribution in [0.5, 0.6) is 5.88 Å². The highest BCUT2D eigenvalue weighted by Crippen LogP contribution is 2.45. The first kappa shape index (κ1) is 22.2. The van der Waals surface area contributed by atoms with Crippen LogP contribution in [0.2, 0.25) is 5.02 Å². The molecule has 2 N–H and O–H groups in total. The molecule has 0 aliphatic carbocycles. The van der Waals surface area contributed by atoms with Gasteiger partial charge in [-0.1, -0.05) is 41.9 Å². The van der Waals surface area contributed by atoms with Gasteiger partial charge in [0.15, 0.2) is 0 Å². The van der Waals surface area contributed by atoms with E-state index < -0.39 is 17.1 Å². The molecular weight excluding hydrogens is 477 g/mol. The van der Waals surface area contributed by atoms with E-state index >= 15 is 0 Å². The number of fused-ring (bicyclic) bond motifs is 1. The lowest BCUT2D eigenvalue weighted by Gasteiger charge is -2.17. The number of thioether (sulfide) groups is 1. The van der Waals surface area contributed by atoms with Crippen LogP contribution in [-0.4, -0.2) is 20.4 Å². The summed E-state index contributed by atoms with van der Waals surface area (Å²) < 4.78 is 14.5. The van der Waals surface area contributed by atoms with Gasteiger partial charge in [-0.2, -0.15) is 0 Å². The average molecular weight is 494 g/mol. The SMILES string of the molecule is O=c1[nH]c(=O)n(-c2cccc(Cl)c2)c(O)c1C1=Nc2ccccc2S[C@H](c2ccc(F)cc2)C1. The second kappa shape index (κ2) is 8.96. The Bertz CT molecular complexity index is 1550. The van der Waals surface area contributed by atoms with Crippen molar-refractivity contribution in [1.82, 2.24) is 9.55 Å². The van der Waals surface area contributed by atoms with Gasteiger partial charge in [0.2, 0.25) is 5.88 Å². The minimum absolute atomic E-state index is 0.107. The molecule has 3 aromatic carbocycles. The first-order valence-electron chi connectivity index (χ1n) is 10.3. The molecule has 0 unspecified atom stereocenters. The van der Waals surface area contributed by atoms with Crippen molar-refractivity contribution < 1.29 is 9.50 Å². The van der Waals surface area contributed by atoms with Gasteiger partial charge < -0.3 is 5.11 Å². The monoisotopic (exact) mass is 493 g/mol. The van der Waals surface area contributed by atoms with Gasteiger partial charge in [-0.3, -0.25) is 14.8 Å². The average Bonchev–Trinajstić information content (AvgIpc) is 2.99. The number of hydrogen-bond acceptors (Lipinski definition) is 5. The summed E-state index contributed by atoms with van der Waals surface area (Å²) in [7, 11) is 0. The lowest BCUT2D eigenvalue weighted by atomic mass is 10.0. The van der Waals surface area contributed by atoms with Gasteiger partial charge in [0.25, 0.3) is 5.56 Å². The molecule has 2 heterocycles. The zero-order valence-electron chi connectivity index (χ0n) is 17.5. The molecule has 0 fully saturated rings. The minimum atomic E-state index is -0.799. The summed E-state index contributed by atoms with van der Waals surface area (Å²) in [6.07, 6.45) is 0.259. The van der Waals surface area contributed by atoms with Crippen LogP contribution >= 0.6 is 23.4 Å². The Balaban J connectivity index is 1.71. The number of hydrogen-bond donors (Lipinski definition) is 2. The molecule has 5 rings (SSSR count). The molecule has 6 nitrogen and oxygen atoms in total. The van der Waals surface area contributed by atoms with Gasteiger partial charge in [0.1, 0.15) is 11.4 Å². The molecule has 1 atom stereocenters. The number of aromatic nitrogens is 2. The van der Waals surface area contributed by atoms with Crippen LogP contribution in [0, 0.1) is 5.82 Å². The van der Waals surface area contributed by atoms with Crippen LogP contribution in [0.15, 0.2) is 92.3 Å². The summed E-state index contributed by atoms with van der Waals surface area (Å²) in [6.45, 7) is 0. The second-order valence-corrected chi connectivity index (χ2v) is 9.34. The first-order chi connectivity index (χ1) is 16.4. The molecule has 0 amide bonds. The number of nitrogens with zero attached hydrogens (tertiary/aromatic N) is 2. The Hall–Kier alpha value is -3.62. The highest BCUT2D eigenvalue weighted by atomic mass is 35.5. The van der Waals surface area contributed by atoms with E-state index in [1.165, 1.54) is 30.0 Å². The predicted octanol–water partition coefficient (Wildman–Crippen LogP) is 5.38. The maximum Gasteiger partial charge on any atom is 0.335 e. The standard InChI is InChI=1S/C25H17ClFN3O3S/c26-15-4-3-5-17(12-15)30-24(32)22(23(31)29-25(30)33)19-13-21(14-8-10-16(27)11-9-14)34-20-7-2-1-6-18(20)28-19/h1-12,21,32H,13H2,(H,29,31,33)/t21-/m0/s1. The lowest BCUT2D eigenvalue weighted by Crippen LogP contribution is -2.33. The number of H-pyrrole nitrogens is 1. The highest BCUT2D eigenvalue weighted by molar-refractivity contribution is 7.99. The van der Waals surface area contributed by atoms with Crippen LogP contribution in [0.4, 0.5) is 10.1 Å². The van der Waals surface area contributed by atoms with E-state index in [-0.39, 0.29) is 23.1 Å². The summed E-state index contributed by atoms with van der Waals surface area (Å²) >= 11 is 7.61. The van der Waals surface area contributed by atoms with E-state index in [2.05, 4.69) is 4.98 Å². The number of halogens is 2. The molecule has 0 spiro atoms. The van der Waals surface area contributed by atoms with Crippen LogP contribution in [-0.2, 0) is 0 Å². The Morgan fingerprint density at radius 1 is 1.06 bits per heavy atom. The first-order valence-corrected chi connectivity index (χ1v) is 11.6. The summed E-state index contributed by atoms with van der Waals surface area (Å²) in [5.74, 6) is -0.878. The van der Waals surface area contributed by atoms with Crippen molar-refractivity contribution in [3.63, 3.8) is 0 Å². The predicted molar refractivity (Wildman–Crippen MR) is 132 cm³/mol. The molecule has 0 saturated heterocycles. The zero-order chi connectivity index (χ0) is 23.8. The molecule has 34 heavy (non-hydrogen) atoms. The smallest absolute Gasteiger partial charge is 0.335 e. The summed E-state index contributed by atoms with van der Waals surface area (Å²) in [4.78, 5) is 33.4. The van der Waals surface area contributed by atoms with Crippen molar-refractivity contribution >= 4 is 34.8 Å². The normalized spacial score (nSPS) is 15.4. The number of aliphatic imine (C=N–C) groups is 1. The molecule has 4 aromatic rings. The quantitative estimate of drug-likeness (QED) is 0.401. The highest BCUT2D eigenvalue weighted by Gasteiger charge is 2.27. The van der Waals surface area contributed by atoms with Crippen molar-refractivity contribution in [2.24, 2.45) is 4.99 Å². The van der Waals surface area contributed by atoms with Crippen molar-refractivity contribution in [3.8, 4) is 11.6 Å². The van der Waals surface area contributed by atoms with Crippen LogP contribution in [0.3, 0.4) is 0 Å². The Morgan fingerprint density at radius 3 is 2.59 bits per heavy atom. The van der Waals surface area contributed by atoms with E-state index in [9.17, 15) is 19.1 Å². The molecular formula is C25H17ClFN3O3S. The number of aromatic amines is 1. The molecule has 1 aromatic heterocycles. The van der Waals surface area contributed by atoms with Gasteiger partial charge in [-0.05, 0) is 48.0 Å². The van der Waals surface area contributed by atoms with Crippen molar-refractivity contribution in [1.29, 1.82) is 0 Å². The van der Waals surface area contributed by atoms with Crippen LogP contribution in [0.1, 0.15) is 22.8 Å². The van der Waals surface area contributed by atoms with Crippen LogP contribution in [0.25, 0.3) is 5.69 Å². The van der Waals surface area contributed by atoms with Gasteiger partial charge in [0, 0.05) is 21.6 Å². The van der Waals surface area contributed by atoms with Gasteiger partial charge in [0.05, 0.1) is 17.1 Å². The van der Waals surface area contributed by atoms with E-state index in [1.54, 1.807) is 30.3 Å². The summed E-state index contributed by atoms with van der Waals surface area (Å²) in [5, 5.41) is 11.3. The van der Waals surface area contributed by atoms with Gasteiger partial charge in [-0.15, -0.1) is 11.8 Å². The van der Waals surface area contributed by atoms with E-state index in [0.29, 0.717) is 22.1 Å². The number of benzene rings is 3. The van der Waals surface area contributed by atoms with E-state index in [4.69, 9.17) is 16.6 Å². The third kappa shape index (κ3) is 4.18.